The first-order valence-electron chi connectivity index (χ1n) is 4.72. The molecule has 1 aromatic rings. The molecule has 0 bridgehead atoms. The second-order valence-corrected chi connectivity index (χ2v) is 2.96. The number of hydrogen-bond donors (Lipinski definition) is 1. The van der Waals surface area contributed by atoms with Crippen LogP contribution in [0.3, 0.4) is 0 Å². The molecule has 1 amide bonds. The van der Waals surface area contributed by atoms with Gasteiger partial charge >= 0.3 is 6.09 Å². The van der Waals surface area contributed by atoms with Crippen molar-refractivity contribution in [2.75, 3.05) is 7.11 Å². The summed E-state index contributed by atoms with van der Waals surface area (Å²) >= 11 is 0. The van der Waals surface area contributed by atoms with Crippen LogP contribution in [0.4, 0.5) is 4.79 Å². The van der Waals surface area contributed by atoms with Crippen LogP contribution in [-0.2, 0) is 11.2 Å². The van der Waals surface area contributed by atoms with E-state index in [1.54, 1.807) is 6.21 Å². The number of carbonyl (C=O) groups excluding carboxylic acids is 1. The number of rotatable bonds is 3. The van der Waals surface area contributed by atoms with Gasteiger partial charge < -0.3 is 4.74 Å². The van der Waals surface area contributed by atoms with Gasteiger partial charge in [0.25, 0.3) is 0 Å². The third kappa shape index (κ3) is 3.81. The molecule has 0 aliphatic heterocycles. The van der Waals surface area contributed by atoms with Crippen molar-refractivity contribution in [3.63, 3.8) is 0 Å². The van der Waals surface area contributed by atoms with Gasteiger partial charge in [-0.2, -0.15) is 5.10 Å². The summed E-state index contributed by atoms with van der Waals surface area (Å²) in [7, 11) is 1.29. The molecule has 1 rings (SSSR count). The summed E-state index contributed by atoms with van der Waals surface area (Å²) in [6.45, 7) is 2.10. The minimum atomic E-state index is -0.573. The molecular weight excluding hydrogens is 192 g/mol. The van der Waals surface area contributed by atoms with Crippen molar-refractivity contribution in [2.45, 2.75) is 13.3 Å². The summed E-state index contributed by atoms with van der Waals surface area (Å²) in [4.78, 5) is 10.7. The highest BCUT2D eigenvalue weighted by atomic mass is 16.5. The SMILES string of the molecule is CCc1ccc(/C=N/NC(=O)OC)cc1. The van der Waals surface area contributed by atoms with Crippen LogP contribution in [0.5, 0.6) is 0 Å². The summed E-state index contributed by atoms with van der Waals surface area (Å²) in [5.41, 5.74) is 4.42. The number of amides is 1. The number of ether oxygens (including phenoxy) is 1. The summed E-state index contributed by atoms with van der Waals surface area (Å²) in [6.07, 6.45) is 2.00. The highest BCUT2D eigenvalue weighted by molar-refractivity contribution is 5.80. The molecule has 0 saturated carbocycles. The van der Waals surface area contributed by atoms with Crippen molar-refractivity contribution in [2.24, 2.45) is 5.10 Å². The molecule has 0 fully saturated rings. The number of hydrogen-bond acceptors (Lipinski definition) is 3. The standard InChI is InChI=1S/C11H14N2O2/c1-3-9-4-6-10(7-5-9)8-12-13-11(14)15-2/h4-8H,3H2,1-2H3,(H,13,14)/b12-8+. The average molecular weight is 206 g/mol. The van der Waals surface area contributed by atoms with Gasteiger partial charge in [-0.25, -0.2) is 10.2 Å². The van der Waals surface area contributed by atoms with E-state index < -0.39 is 6.09 Å². The van der Waals surface area contributed by atoms with Crippen molar-refractivity contribution >= 4 is 12.3 Å². The fourth-order valence-electron chi connectivity index (χ4n) is 1.04. The molecule has 80 valence electrons. The number of hydrazone groups is 1. The molecule has 4 nitrogen and oxygen atoms in total. The van der Waals surface area contributed by atoms with E-state index >= 15 is 0 Å². The Labute approximate surface area is 88.9 Å². The van der Waals surface area contributed by atoms with Crippen molar-refractivity contribution in [1.82, 2.24) is 5.43 Å². The second-order valence-electron chi connectivity index (χ2n) is 2.96. The first-order chi connectivity index (χ1) is 7.26. The van der Waals surface area contributed by atoms with Gasteiger partial charge in [-0.1, -0.05) is 31.2 Å². The number of carbonyl (C=O) groups is 1. The molecule has 0 aliphatic carbocycles. The van der Waals surface area contributed by atoms with Gasteiger partial charge in [-0.3, -0.25) is 0 Å². The van der Waals surface area contributed by atoms with Crippen LogP contribution < -0.4 is 5.43 Å². The lowest BCUT2D eigenvalue weighted by Crippen LogP contribution is -2.16. The Morgan fingerprint density at radius 3 is 2.67 bits per heavy atom. The zero-order chi connectivity index (χ0) is 11.1. The molecule has 0 spiro atoms. The maximum absolute atomic E-state index is 10.7. The van der Waals surface area contributed by atoms with Crippen molar-refractivity contribution < 1.29 is 9.53 Å². The van der Waals surface area contributed by atoms with Gasteiger partial charge in [0, 0.05) is 0 Å². The van der Waals surface area contributed by atoms with Gasteiger partial charge in [0.15, 0.2) is 0 Å². The van der Waals surface area contributed by atoms with Crippen LogP contribution in [0, 0.1) is 0 Å². The summed E-state index contributed by atoms with van der Waals surface area (Å²) in [5.74, 6) is 0. The van der Waals surface area contributed by atoms with Crippen LogP contribution in [0.15, 0.2) is 29.4 Å². The molecular formula is C11H14N2O2. The predicted molar refractivity (Wildman–Crippen MR) is 59.0 cm³/mol. The number of methoxy groups -OCH3 is 1. The predicted octanol–water partition coefficient (Wildman–Crippen LogP) is 1.94. The Bertz CT molecular complexity index is 344. The van der Waals surface area contributed by atoms with Crippen LogP contribution in [0.25, 0.3) is 0 Å². The number of aryl methyl sites for hydroxylation is 1. The number of nitrogens with one attached hydrogen (secondary N) is 1. The van der Waals surface area contributed by atoms with E-state index in [1.807, 2.05) is 24.3 Å². The minimum absolute atomic E-state index is 0.573. The van der Waals surface area contributed by atoms with Gasteiger partial charge in [-0.05, 0) is 17.5 Å². The van der Waals surface area contributed by atoms with Crippen LogP contribution in [0.1, 0.15) is 18.1 Å². The zero-order valence-corrected chi connectivity index (χ0v) is 8.86. The maximum Gasteiger partial charge on any atom is 0.427 e. The highest BCUT2D eigenvalue weighted by Crippen LogP contribution is 2.02. The Morgan fingerprint density at radius 2 is 2.13 bits per heavy atom. The largest absolute Gasteiger partial charge is 0.452 e. The van der Waals surface area contributed by atoms with Gasteiger partial charge in [0.2, 0.25) is 0 Å². The van der Waals surface area contributed by atoms with Gasteiger partial charge in [0.05, 0.1) is 13.3 Å². The van der Waals surface area contributed by atoms with Gasteiger partial charge in [-0.15, -0.1) is 0 Å². The molecule has 15 heavy (non-hydrogen) atoms. The van der Waals surface area contributed by atoms with E-state index in [9.17, 15) is 4.79 Å². The maximum atomic E-state index is 10.7. The van der Waals surface area contributed by atoms with E-state index in [0.29, 0.717) is 0 Å². The fourth-order valence-corrected chi connectivity index (χ4v) is 1.04. The molecule has 0 radical (unpaired) electrons. The van der Waals surface area contributed by atoms with E-state index in [-0.39, 0.29) is 0 Å². The molecule has 1 N–H and O–H groups in total. The minimum Gasteiger partial charge on any atom is -0.452 e. The first-order valence-corrected chi connectivity index (χ1v) is 4.72. The highest BCUT2D eigenvalue weighted by Gasteiger charge is 1.93. The van der Waals surface area contributed by atoms with E-state index in [1.165, 1.54) is 12.7 Å². The molecule has 0 saturated heterocycles. The van der Waals surface area contributed by atoms with Crippen molar-refractivity contribution in [1.29, 1.82) is 0 Å². The number of benzene rings is 1. The van der Waals surface area contributed by atoms with Gasteiger partial charge in [0.1, 0.15) is 0 Å². The molecule has 0 heterocycles. The van der Waals surface area contributed by atoms with E-state index in [2.05, 4.69) is 22.2 Å². The third-order valence-electron chi connectivity index (χ3n) is 1.94. The Kier molecular flexibility index (Phi) is 4.34. The average Bonchev–Trinajstić information content (AvgIpc) is 2.29. The molecule has 0 unspecified atom stereocenters. The summed E-state index contributed by atoms with van der Waals surface area (Å²) in [5, 5.41) is 3.72. The first kappa shape index (κ1) is 11.2. The summed E-state index contributed by atoms with van der Waals surface area (Å²) < 4.78 is 4.36. The topological polar surface area (TPSA) is 50.7 Å². The lowest BCUT2D eigenvalue weighted by Gasteiger charge is -1.97. The molecule has 0 atom stereocenters. The van der Waals surface area contributed by atoms with E-state index in [4.69, 9.17) is 0 Å². The fraction of sp³-hybridized carbons (Fsp3) is 0.273. The normalized spacial score (nSPS) is 10.3. The van der Waals surface area contributed by atoms with Crippen LogP contribution in [-0.4, -0.2) is 19.4 Å². The lowest BCUT2D eigenvalue weighted by molar-refractivity contribution is 0.171. The smallest absolute Gasteiger partial charge is 0.427 e. The number of nitrogens with zero attached hydrogens (tertiary/aromatic N) is 1. The van der Waals surface area contributed by atoms with E-state index in [0.717, 1.165) is 12.0 Å². The quantitative estimate of drug-likeness (QED) is 0.607. The van der Waals surface area contributed by atoms with Crippen LogP contribution in [0.2, 0.25) is 0 Å². The Balaban J connectivity index is 2.53. The Hall–Kier alpha value is -1.84. The monoisotopic (exact) mass is 206 g/mol. The zero-order valence-electron chi connectivity index (χ0n) is 8.86. The molecule has 0 aromatic heterocycles. The Morgan fingerprint density at radius 1 is 1.47 bits per heavy atom. The van der Waals surface area contributed by atoms with Crippen LogP contribution >= 0.6 is 0 Å². The molecule has 4 heteroatoms. The third-order valence-corrected chi connectivity index (χ3v) is 1.94. The second kappa shape index (κ2) is 5.80. The van der Waals surface area contributed by atoms with Crippen molar-refractivity contribution in [3.05, 3.63) is 35.4 Å². The summed E-state index contributed by atoms with van der Waals surface area (Å²) in [6, 6.07) is 7.95. The molecule has 0 aliphatic rings. The lowest BCUT2D eigenvalue weighted by atomic mass is 10.1. The van der Waals surface area contributed by atoms with Crippen molar-refractivity contribution in [3.8, 4) is 0 Å². The molecule has 1 aromatic carbocycles.